The van der Waals surface area contributed by atoms with E-state index < -0.39 is 0 Å². The molecule has 1 aromatic rings. The van der Waals surface area contributed by atoms with Crippen LogP contribution in [0, 0.1) is 12.8 Å². The first-order valence-electron chi connectivity index (χ1n) is 7.74. The number of benzene rings is 1. The summed E-state index contributed by atoms with van der Waals surface area (Å²) in [6.45, 7) is 11.5. The van der Waals surface area contributed by atoms with Gasteiger partial charge >= 0.3 is 0 Å². The lowest BCUT2D eigenvalue weighted by atomic mass is 10.0. The molecule has 0 saturated carbocycles. The predicted octanol–water partition coefficient (Wildman–Crippen LogP) is 5.07. The molecule has 0 radical (unpaired) electrons. The van der Waals surface area contributed by atoms with Gasteiger partial charge in [0.15, 0.2) is 0 Å². The van der Waals surface area contributed by atoms with Crippen LogP contribution in [0.15, 0.2) is 16.6 Å². The lowest BCUT2D eigenvalue weighted by Crippen LogP contribution is -2.17. The van der Waals surface area contributed by atoms with Crippen LogP contribution in [0.1, 0.15) is 51.2 Å². The van der Waals surface area contributed by atoms with Crippen LogP contribution in [-0.2, 0) is 6.54 Å². The molecule has 1 rings (SSSR count). The third-order valence-corrected chi connectivity index (χ3v) is 4.13. The summed E-state index contributed by atoms with van der Waals surface area (Å²) in [5.74, 6) is 1.71. The molecule has 2 nitrogen and oxygen atoms in total. The predicted molar refractivity (Wildman–Crippen MR) is 90.4 cm³/mol. The van der Waals surface area contributed by atoms with Gasteiger partial charge in [0.25, 0.3) is 0 Å². The van der Waals surface area contributed by atoms with Gasteiger partial charge < -0.3 is 10.1 Å². The van der Waals surface area contributed by atoms with Gasteiger partial charge in [-0.15, -0.1) is 0 Å². The Morgan fingerprint density at radius 1 is 1.20 bits per heavy atom. The molecule has 0 unspecified atom stereocenters. The van der Waals surface area contributed by atoms with Crippen molar-refractivity contribution in [2.75, 3.05) is 13.2 Å². The number of ether oxygens (including phenoxy) is 1. The van der Waals surface area contributed by atoms with Crippen molar-refractivity contribution in [2.45, 2.75) is 53.5 Å². The SMILES string of the molecule is CCCNCc1cc(Br)cc(C)c1OCC(CC)CC. The summed E-state index contributed by atoms with van der Waals surface area (Å²) in [6.07, 6.45) is 3.50. The van der Waals surface area contributed by atoms with E-state index in [1.165, 1.54) is 24.0 Å². The second kappa shape index (κ2) is 9.41. The van der Waals surface area contributed by atoms with E-state index in [1.807, 2.05) is 0 Å². The lowest BCUT2D eigenvalue weighted by Gasteiger charge is -2.19. The molecule has 1 aromatic carbocycles. The van der Waals surface area contributed by atoms with Crippen molar-refractivity contribution in [2.24, 2.45) is 5.92 Å². The van der Waals surface area contributed by atoms with Crippen LogP contribution in [0.5, 0.6) is 5.75 Å². The second-order valence-corrected chi connectivity index (χ2v) is 6.30. The fourth-order valence-electron chi connectivity index (χ4n) is 2.26. The minimum Gasteiger partial charge on any atom is -0.493 e. The van der Waals surface area contributed by atoms with Crippen LogP contribution in [-0.4, -0.2) is 13.2 Å². The largest absolute Gasteiger partial charge is 0.493 e. The molecule has 0 aromatic heterocycles. The van der Waals surface area contributed by atoms with E-state index in [1.54, 1.807) is 0 Å². The maximum Gasteiger partial charge on any atom is 0.126 e. The van der Waals surface area contributed by atoms with Gasteiger partial charge in [-0.3, -0.25) is 0 Å². The molecule has 0 saturated heterocycles. The Hall–Kier alpha value is -0.540. The molecule has 0 atom stereocenters. The summed E-state index contributed by atoms with van der Waals surface area (Å²) in [7, 11) is 0. The van der Waals surface area contributed by atoms with Crippen LogP contribution in [0.4, 0.5) is 0 Å². The van der Waals surface area contributed by atoms with E-state index in [0.717, 1.165) is 36.3 Å². The Kier molecular flexibility index (Phi) is 8.24. The number of aryl methyl sites for hydroxylation is 1. The van der Waals surface area contributed by atoms with Crippen molar-refractivity contribution in [3.05, 3.63) is 27.7 Å². The van der Waals surface area contributed by atoms with Crippen LogP contribution in [0.2, 0.25) is 0 Å². The van der Waals surface area contributed by atoms with Crippen LogP contribution < -0.4 is 10.1 Å². The van der Waals surface area contributed by atoms with Crippen LogP contribution in [0.25, 0.3) is 0 Å². The molecule has 0 aliphatic rings. The van der Waals surface area contributed by atoms with Gasteiger partial charge in [0.05, 0.1) is 6.61 Å². The lowest BCUT2D eigenvalue weighted by molar-refractivity contribution is 0.237. The molecule has 0 heterocycles. The van der Waals surface area contributed by atoms with Gasteiger partial charge in [-0.25, -0.2) is 0 Å². The molecular formula is C17H28BrNO. The minimum atomic E-state index is 0.648. The highest BCUT2D eigenvalue weighted by atomic mass is 79.9. The maximum atomic E-state index is 6.14. The summed E-state index contributed by atoms with van der Waals surface area (Å²) in [6, 6.07) is 4.30. The molecular weight excluding hydrogens is 314 g/mol. The standard InChI is InChI=1S/C17H28BrNO/c1-5-8-19-11-15-10-16(18)9-13(4)17(15)20-12-14(6-2)7-3/h9-10,14,19H,5-8,11-12H2,1-4H3. The van der Waals surface area contributed by atoms with Gasteiger partial charge in [0.1, 0.15) is 5.75 Å². The van der Waals surface area contributed by atoms with Gasteiger partial charge in [0, 0.05) is 16.6 Å². The summed E-state index contributed by atoms with van der Waals surface area (Å²) in [5, 5.41) is 3.46. The van der Waals surface area contributed by atoms with Gasteiger partial charge in [-0.1, -0.05) is 49.5 Å². The number of nitrogens with one attached hydrogen (secondary N) is 1. The molecule has 114 valence electrons. The van der Waals surface area contributed by atoms with Crippen molar-refractivity contribution < 1.29 is 4.74 Å². The first-order valence-corrected chi connectivity index (χ1v) is 8.54. The Morgan fingerprint density at radius 2 is 1.90 bits per heavy atom. The number of rotatable bonds is 9. The van der Waals surface area contributed by atoms with E-state index in [-0.39, 0.29) is 0 Å². The van der Waals surface area contributed by atoms with E-state index in [4.69, 9.17) is 4.74 Å². The zero-order valence-corrected chi connectivity index (χ0v) is 14.8. The molecule has 0 bridgehead atoms. The summed E-state index contributed by atoms with van der Waals surface area (Å²) < 4.78 is 7.26. The van der Waals surface area contributed by atoms with Gasteiger partial charge in [-0.2, -0.15) is 0 Å². The first-order chi connectivity index (χ1) is 9.62. The molecule has 0 aliphatic carbocycles. The van der Waals surface area contributed by atoms with Crippen molar-refractivity contribution in [1.82, 2.24) is 5.32 Å². The van der Waals surface area contributed by atoms with Crippen LogP contribution >= 0.6 is 15.9 Å². The normalized spacial score (nSPS) is 11.1. The Labute approximate surface area is 132 Å². The van der Waals surface area contributed by atoms with Crippen molar-refractivity contribution >= 4 is 15.9 Å². The Balaban J connectivity index is 2.80. The van der Waals surface area contributed by atoms with E-state index in [0.29, 0.717) is 5.92 Å². The van der Waals surface area contributed by atoms with Crippen molar-refractivity contribution in [1.29, 1.82) is 0 Å². The first kappa shape index (κ1) is 17.5. The van der Waals surface area contributed by atoms with Crippen molar-refractivity contribution in [3.8, 4) is 5.75 Å². The molecule has 0 aliphatic heterocycles. The summed E-state index contributed by atoms with van der Waals surface area (Å²) >= 11 is 3.58. The highest BCUT2D eigenvalue weighted by molar-refractivity contribution is 9.10. The highest BCUT2D eigenvalue weighted by Gasteiger charge is 2.11. The van der Waals surface area contributed by atoms with Gasteiger partial charge in [-0.05, 0) is 43.5 Å². The topological polar surface area (TPSA) is 21.3 Å². The third kappa shape index (κ3) is 5.45. The van der Waals surface area contributed by atoms with Crippen molar-refractivity contribution in [3.63, 3.8) is 0 Å². The van der Waals surface area contributed by atoms with E-state index >= 15 is 0 Å². The Morgan fingerprint density at radius 3 is 2.50 bits per heavy atom. The summed E-state index contributed by atoms with van der Waals surface area (Å²) in [4.78, 5) is 0. The molecule has 0 fully saturated rings. The third-order valence-electron chi connectivity index (χ3n) is 3.68. The smallest absolute Gasteiger partial charge is 0.126 e. The quantitative estimate of drug-likeness (QED) is 0.633. The Bertz CT molecular complexity index is 402. The number of hydrogen-bond acceptors (Lipinski definition) is 2. The molecule has 20 heavy (non-hydrogen) atoms. The zero-order chi connectivity index (χ0) is 15.0. The molecule has 0 amide bonds. The molecule has 1 N–H and O–H groups in total. The van der Waals surface area contributed by atoms with E-state index in [2.05, 4.69) is 61.1 Å². The van der Waals surface area contributed by atoms with E-state index in [9.17, 15) is 0 Å². The molecule has 0 spiro atoms. The van der Waals surface area contributed by atoms with Crippen LogP contribution in [0.3, 0.4) is 0 Å². The number of halogens is 1. The zero-order valence-electron chi connectivity index (χ0n) is 13.3. The molecule has 3 heteroatoms. The highest BCUT2D eigenvalue weighted by Crippen LogP contribution is 2.29. The maximum absolute atomic E-state index is 6.14. The second-order valence-electron chi connectivity index (χ2n) is 5.38. The summed E-state index contributed by atoms with van der Waals surface area (Å²) in [5.41, 5.74) is 2.45. The average Bonchev–Trinajstić information content (AvgIpc) is 2.42. The minimum absolute atomic E-state index is 0.648. The fourth-order valence-corrected chi connectivity index (χ4v) is 2.88. The fraction of sp³-hybridized carbons (Fsp3) is 0.647. The number of hydrogen-bond donors (Lipinski definition) is 1. The average molecular weight is 342 g/mol. The van der Waals surface area contributed by atoms with Gasteiger partial charge in [0.2, 0.25) is 0 Å². The monoisotopic (exact) mass is 341 g/mol.